The molecule has 0 bridgehead atoms. The van der Waals surface area contributed by atoms with Crippen LogP contribution >= 0.6 is 0 Å². The van der Waals surface area contributed by atoms with Crippen LogP contribution in [-0.4, -0.2) is 21.5 Å². The van der Waals surface area contributed by atoms with Crippen molar-refractivity contribution in [3.63, 3.8) is 0 Å². The lowest BCUT2D eigenvalue weighted by Crippen LogP contribution is -2.04. The Hall–Kier alpha value is -1.32. The van der Waals surface area contributed by atoms with Crippen molar-refractivity contribution in [1.29, 1.82) is 0 Å². The van der Waals surface area contributed by atoms with Crippen molar-refractivity contribution in [3.05, 3.63) is 18.3 Å². The largest absolute Gasteiger partial charge is 0.365 e. The van der Waals surface area contributed by atoms with Crippen molar-refractivity contribution < 1.29 is 0 Å². The van der Waals surface area contributed by atoms with Crippen LogP contribution < -0.4 is 5.32 Å². The zero-order chi connectivity index (χ0) is 9.10. The van der Waals surface area contributed by atoms with Gasteiger partial charge in [0.15, 0.2) is 0 Å². The maximum Gasteiger partial charge on any atom is 0.144 e. The number of hydrogen-bond acceptors (Lipinski definition) is 3. The van der Waals surface area contributed by atoms with Gasteiger partial charge in [-0.2, -0.15) is 0 Å². The molecule has 1 fully saturated rings. The normalized spacial score (nSPS) is 16.7. The number of nitrogens with one attached hydrogen (secondary N) is 1. The molecule has 0 saturated heterocycles. The molecule has 4 nitrogen and oxygen atoms in total. The van der Waals surface area contributed by atoms with Gasteiger partial charge in [-0.1, -0.05) is 17.4 Å². The molecule has 0 spiro atoms. The first-order chi connectivity index (χ1) is 6.36. The maximum absolute atomic E-state index is 3.82. The molecule has 0 atom stereocenters. The van der Waals surface area contributed by atoms with E-state index in [0.717, 1.165) is 18.3 Å². The van der Waals surface area contributed by atoms with E-state index in [4.69, 9.17) is 0 Å². The number of aromatic nitrogens is 3. The number of nitrogens with zero attached hydrogens (tertiary/aromatic N) is 3. The molecule has 4 heteroatoms. The Morgan fingerprint density at radius 1 is 1.69 bits per heavy atom. The van der Waals surface area contributed by atoms with Gasteiger partial charge in [0.1, 0.15) is 5.82 Å². The molecule has 0 amide bonds. The first kappa shape index (κ1) is 8.29. The minimum atomic E-state index is 0.853. The Labute approximate surface area is 77.6 Å². The number of aryl methyl sites for hydroxylation is 1. The van der Waals surface area contributed by atoms with Crippen LogP contribution in [0.3, 0.4) is 0 Å². The topological polar surface area (TPSA) is 42.7 Å². The molecule has 1 aromatic heterocycles. The van der Waals surface area contributed by atoms with E-state index in [-0.39, 0.29) is 0 Å². The summed E-state index contributed by atoms with van der Waals surface area (Å²) in [6, 6.07) is 0. The van der Waals surface area contributed by atoms with E-state index in [0.29, 0.717) is 0 Å². The lowest BCUT2D eigenvalue weighted by Gasteiger charge is -2.00. The second kappa shape index (κ2) is 3.60. The third-order valence-electron chi connectivity index (χ3n) is 2.15. The standard InChI is InChI=1S/C9H14N4/c1-13-9(7-11-12-13)10-6-2-3-8-4-5-8/h2-3,7-8,10H,4-6H2,1H3/b3-2+. The molecule has 1 heterocycles. The SMILES string of the molecule is Cn1nncc1NC/C=C/C1CC1. The Kier molecular flexibility index (Phi) is 2.29. The Bertz CT molecular complexity index is 298. The van der Waals surface area contributed by atoms with Crippen LogP contribution in [0.15, 0.2) is 18.3 Å². The van der Waals surface area contributed by atoms with Crippen LogP contribution in [0.2, 0.25) is 0 Å². The Morgan fingerprint density at radius 3 is 3.15 bits per heavy atom. The zero-order valence-corrected chi connectivity index (χ0v) is 7.77. The molecule has 2 rings (SSSR count). The van der Waals surface area contributed by atoms with Crippen molar-refractivity contribution in [3.8, 4) is 0 Å². The van der Waals surface area contributed by atoms with Gasteiger partial charge < -0.3 is 5.32 Å². The summed E-state index contributed by atoms with van der Waals surface area (Å²) in [7, 11) is 1.87. The molecule has 13 heavy (non-hydrogen) atoms. The molecule has 1 aromatic rings. The van der Waals surface area contributed by atoms with E-state index < -0.39 is 0 Å². The molecule has 0 radical (unpaired) electrons. The number of rotatable bonds is 4. The highest BCUT2D eigenvalue weighted by molar-refractivity contribution is 5.31. The van der Waals surface area contributed by atoms with Crippen LogP contribution in [0.25, 0.3) is 0 Å². The van der Waals surface area contributed by atoms with E-state index in [1.165, 1.54) is 12.8 Å². The monoisotopic (exact) mass is 178 g/mol. The predicted molar refractivity (Wildman–Crippen MR) is 51.4 cm³/mol. The van der Waals surface area contributed by atoms with Gasteiger partial charge in [0.25, 0.3) is 0 Å². The van der Waals surface area contributed by atoms with Crippen LogP contribution in [0.4, 0.5) is 5.82 Å². The second-order valence-electron chi connectivity index (χ2n) is 3.39. The first-order valence-electron chi connectivity index (χ1n) is 4.61. The van der Waals surface area contributed by atoms with E-state index in [1.807, 2.05) is 7.05 Å². The minimum Gasteiger partial charge on any atom is -0.365 e. The second-order valence-corrected chi connectivity index (χ2v) is 3.39. The van der Waals surface area contributed by atoms with Gasteiger partial charge in [0.2, 0.25) is 0 Å². The Morgan fingerprint density at radius 2 is 2.54 bits per heavy atom. The quantitative estimate of drug-likeness (QED) is 0.704. The van der Waals surface area contributed by atoms with Gasteiger partial charge in [-0.3, -0.25) is 0 Å². The zero-order valence-electron chi connectivity index (χ0n) is 7.77. The van der Waals surface area contributed by atoms with Crippen LogP contribution in [0, 0.1) is 5.92 Å². The van der Waals surface area contributed by atoms with Crippen molar-refractivity contribution in [2.75, 3.05) is 11.9 Å². The van der Waals surface area contributed by atoms with Gasteiger partial charge in [-0.15, -0.1) is 5.10 Å². The lowest BCUT2D eigenvalue weighted by molar-refractivity contribution is 0.719. The molecule has 0 unspecified atom stereocenters. The fraction of sp³-hybridized carbons (Fsp3) is 0.556. The molecule has 1 aliphatic rings. The highest BCUT2D eigenvalue weighted by Crippen LogP contribution is 2.29. The number of anilines is 1. The van der Waals surface area contributed by atoms with E-state index in [1.54, 1.807) is 10.9 Å². The summed E-state index contributed by atoms with van der Waals surface area (Å²) in [5, 5.41) is 10.8. The van der Waals surface area contributed by atoms with Gasteiger partial charge in [-0.05, 0) is 18.8 Å². The van der Waals surface area contributed by atoms with Crippen molar-refractivity contribution >= 4 is 5.82 Å². The third kappa shape index (κ3) is 2.31. The summed E-state index contributed by atoms with van der Waals surface area (Å²) in [5.74, 6) is 1.81. The molecule has 1 aliphatic carbocycles. The van der Waals surface area contributed by atoms with Gasteiger partial charge in [0, 0.05) is 13.6 Å². The summed E-state index contributed by atoms with van der Waals surface area (Å²) in [6.45, 7) is 0.859. The van der Waals surface area contributed by atoms with Gasteiger partial charge in [0.05, 0.1) is 6.20 Å². The molecule has 0 aromatic carbocycles. The highest BCUT2D eigenvalue weighted by Gasteiger charge is 2.16. The summed E-state index contributed by atoms with van der Waals surface area (Å²) >= 11 is 0. The minimum absolute atomic E-state index is 0.853. The van der Waals surface area contributed by atoms with Crippen LogP contribution in [0.5, 0.6) is 0 Å². The maximum atomic E-state index is 3.82. The molecule has 70 valence electrons. The first-order valence-corrected chi connectivity index (χ1v) is 4.61. The van der Waals surface area contributed by atoms with Crippen molar-refractivity contribution in [2.24, 2.45) is 13.0 Å². The molecular formula is C9H14N4. The third-order valence-corrected chi connectivity index (χ3v) is 2.15. The van der Waals surface area contributed by atoms with Crippen molar-refractivity contribution in [1.82, 2.24) is 15.0 Å². The van der Waals surface area contributed by atoms with E-state index >= 15 is 0 Å². The van der Waals surface area contributed by atoms with Gasteiger partial charge >= 0.3 is 0 Å². The fourth-order valence-corrected chi connectivity index (χ4v) is 1.16. The number of hydrogen-bond donors (Lipinski definition) is 1. The van der Waals surface area contributed by atoms with Gasteiger partial charge in [-0.25, -0.2) is 4.68 Å². The molecule has 1 saturated carbocycles. The van der Waals surface area contributed by atoms with Crippen LogP contribution in [-0.2, 0) is 7.05 Å². The lowest BCUT2D eigenvalue weighted by atomic mass is 10.3. The van der Waals surface area contributed by atoms with Crippen LogP contribution in [0.1, 0.15) is 12.8 Å². The highest BCUT2D eigenvalue weighted by atomic mass is 15.4. The summed E-state index contributed by atoms with van der Waals surface area (Å²) in [6.07, 6.45) is 8.90. The van der Waals surface area contributed by atoms with Crippen molar-refractivity contribution in [2.45, 2.75) is 12.8 Å². The number of allylic oxidation sites excluding steroid dienone is 1. The Balaban J connectivity index is 1.75. The fourth-order valence-electron chi connectivity index (χ4n) is 1.16. The summed E-state index contributed by atoms with van der Waals surface area (Å²) in [4.78, 5) is 0. The molecular weight excluding hydrogens is 164 g/mol. The smallest absolute Gasteiger partial charge is 0.144 e. The average molecular weight is 178 g/mol. The average Bonchev–Trinajstić information content (AvgIpc) is 2.86. The summed E-state index contributed by atoms with van der Waals surface area (Å²) < 4.78 is 1.73. The van der Waals surface area contributed by atoms with E-state index in [2.05, 4.69) is 27.8 Å². The summed E-state index contributed by atoms with van der Waals surface area (Å²) in [5.41, 5.74) is 0. The molecule has 1 N–H and O–H groups in total. The predicted octanol–water partition coefficient (Wildman–Crippen LogP) is 1.19. The van der Waals surface area contributed by atoms with E-state index in [9.17, 15) is 0 Å². The molecule has 0 aliphatic heterocycles.